The molecule has 0 aliphatic carbocycles. The van der Waals surface area contributed by atoms with Gasteiger partial charge in [0.1, 0.15) is 36.3 Å². The minimum atomic E-state index is -1.42. The van der Waals surface area contributed by atoms with E-state index in [0.717, 1.165) is 16.7 Å². The summed E-state index contributed by atoms with van der Waals surface area (Å²) in [6, 6.07) is 10.0. The van der Waals surface area contributed by atoms with Crippen molar-refractivity contribution in [3.05, 3.63) is 68.9 Å². The highest BCUT2D eigenvalue weighted by Gasteiger charge is 2.43. The summed E-state index contributed by atoms with van der Waals surface area (Å²) in [4.78, 5) is 0. The van der Waals surface area contributed by atoms with Crippen molar-refractivity contribution >= 4 is 15.9 Å². The number of benzene rings is 2. The molecule has 1 aliphatic rings. The molecule has 1 saturated heterocycles. The van der Waals surface area contributed by atoms with Crippen molar-refractivity contribution in [1.29, 1.82) is 0 Å². The Morgan fingerprint density at radius 2 is 1.74 bits per heavy atom. The van der Waals surface area contributed by atoms with Gasteiger partial charge in [-0.1, -0.05) is 40.2 Å². The highest BCUT2D eigenvalue weighted by atomic mass is 79.9. The van der Waals surface area contributed by atoms with Crippen molar-refractivity contribution in [3.63, 3.8) is 0 Å². The fourth-order valence-corrected chi connectivity index (χ4v) is 3.80. The Hall–Kier alpha value is -1.35. The lowest BCUT2D eigenvalue weighted by atomic mass is 9.89. The molecule has 1 heterocycles. The van der Waals surface area contributed by atoms with E-state index in [4.69, 9.17) is 4.74 Å². The summed E-state index contributed by atoms with van der Waals surface area (Å²) < 4.78 is 19.6. The second-order valence-electron chi connectivity index (χ2n) is 6.85. The SMILES string of the molecule is Cc1ccc([C@@H]2O[C@H](CO)[C@@H](O)[C@H](O)[C@H]2O)cc1Cc1ccc(F)cc1Br. The molecular formula is C20H22BrFO5. The van der Waals surface area contributed by atoms with Crippen LogP contribution in [-0.4, -0.2) is 51.4 Å². The molecule has 0 radical (unpaired) electrons. The number of halogens is 2. The minimum Gasteiger partial charge on any atom is -0.394 e. The Bertz CT molecular complexity index is 813. The molecule has 3 rings (SSSR count). The standard InChI is InChI=1S/C20H22BrFO5/c1-10-2-3-12(20-19(26)18(25)17(24)16(9-23)27-20)7-13(10)6-11-4-5-14(22)8-15(11)21/h2-5,7-8,16-20,23-26H,6,9H2,1H3/t16-,17-,18+,19-,20+/m1/s1. The molecule has 0 aromatic heterocycles. The molecule has 0 amide bonds. The third kappa shape index (κ3) is 4.23. The smallest absolute Gasteiger partial charge is 0.124 e. The summed E-state index contributed by atoms with van der Waals surface area (Å²) in [5, 5.41) is 39.7. The van der Waals surface area contributed by atoms with E-state index < -0.39 is 37.1 Å². The lowest BCUT2D eigenvalue weighted by molar-refractivity contribution is -0.231. The maximum atomic E-state index is 13.3. The van der Waals surface area contributed by atoms with Gasteiger partial charge in [-0.25, -0.2) is 4.39 Å². The maximum absolute atomic E-state index is 13.3. The first-order valence-corrected chi connectivity index (χ1v) is 9.45. The van der Waals surface area contributed by atoms with E-state index in [9.17, 15) is 24.8 Å². The van der Waals surface area contributed by atoms with Gasteiger partial charge in [-0.15, -0.1) is 0 Å². The molecule has 7 heteroatoms. The normalized spacial score (nSPS) is 28.3. The highest BCUT2D eigenvalue weighted by Crippen LogP contribution is 2.34. The van der Waals surface area contributed by atoms with Gasteiger partial charge in [-0.2, -0.15) is 0 Å². The predicted molar refractivity (Wildman–Crippen MR) is 101 cm³/mol. The highest BCUT2D eigenvalue weighted by molar-refractivity contribution is 9.10. The Kier molecular flexibility index (Phi) is 6.30. The topological polar surface area (TPSA) is 90.2 Å². The van der Waals surface area contributed by atoms with E-state index in [-0.39, 0.29) is 5.82 Å². The van der Waals surface area contributed by atoms with Crippen molar-refractivity contribution in [2.45, 2.75) is 43.9 Å². The molecule has 2 aromatic carbocycles. The van der Waals surface area contributed by atoms with Crippen LogP contribution in [0.1, 0.15) is 28.4 Å². The van der Waals surface area contributed by atoms with Crippen molar-refractivity contribution in [2.24, 2.45) is 0 Å². The molecule has 5 atom stereocenters. The van der Waals surface area contributed by atoms with E-state index in [0.29, 0.717) is 16.5 Å². The van der Waals surface area contributed by atoms with Gasteiger partial charge < -0.3 is 25.2 Å². The zero-order valence-electron chi connectivity index (χ0n) is 14.7. The monoisotopic (exact) mass is 440 g/mol. The molecule has 1 fully saturated rings. The Balaban J connectivity index is 1.90. The first-order valence-electron chi connectivity index (χ1n) is 8.65. The first kappa shape index (κ1) is 20.4. The van der Waals surface area contributed by atoms with E-state index in [1.165, 1.54) is 12.1 Å². The van der Waals surface area contributed by atoms with E-state index in [2.05, 4.69) is 15.9 Å². The molecule has 0 saturated carbocycles. The molecule has 0 spiro atoms. The molecule has 2 aromatic rings. The number of hydrogen-bond acceptors (Lipinski definition) is 5. The van der Waals surface area contributed by atoms with Gasteiger partial charge in [0.05, 0.1) is 6.61 Å². The van der Waals surface area contributed by atoms with Crippen LogP contribution in [-0.2, 0) is 11.2 Å². The fraction of sp³-hybridized carbons (Fsp3) is 0.400. The summed E-state index contributed by atoms with van der Waals surface area (Å²) in [6.07, 6.45) is -5.42. The number of aryl methyl sites for hydroxylation is 1. The second-order valence-corrected chi connectivity index (χ2v) is 7.70. The quantitative estimate of drug-likeness (QED) is 0.583. The third-order valence-corrected chi connectivity index (χ3v) is 5.73. The molecular weight excluding hydrogens is 419 g/mol. The van der Waals surface area contributed by atoms with Crippen molar-refractivity contribution in [3.8, 4) is 0 Å². The van der Waals surface area contributed by atoms with Gasteiger partial charge in [-0.05, 0) is 47.7 Å². The summed E-state index contributed by atoms with van der Waals surface area (Å²) >= 11 is 3.37. The Morgan fingerprint density at radius 3 is 2.41 bits per heavy atom. The Labute approximate surface area is 165 Å². The number of ether oxygens (including phenoxy) is 1. The van der Waals surface area contributed by atoms with Gasteiger partial charge in [-0.3, -0.25) is 0 Å². The average Bonchev–Trinajstić information content (AvgIpc) is 2.64. The zero-order valence-corrected chi connectivity index (χ0v) is 16.3. The summed E-state index contributed by atoms with van der Waals surface area (Å²) in [5.41, 5.74) is 3.51. The van der Waals surface area contributed by atoms with Gasteiger partial charge >= 0.3 is 0 Å². The minimum absolute atomic E-state index is 0.322. The summed E-state index contributed by atoms with van der Waals surface area (Å²) in [5.74, 6) is -0.322. The Morgan fingerprint density at radius 1 is 1.00 bits per heavy atom. The lowest BCUT2D eigenvalue weighted by Crippen LogP contribution is -2.55. The van der Waals surface area contributed by atoms with Crippen LogP contribution in [0.25, 0.3) is 0 Å². The average molecular weight is 441 g/mol. The van der Waals surface area contributed by atoms with Gasteiger partial charge in [0.25, 0.3) is 0 Å². The van der Waals surface area contributed by atoms with Crippen molar-refractivity contribution in [2.75, 3.05) is 6.61 Å². The molecule has 5 nitrogen and oxygen atoms in total. The third-order valence-electron chi connectivity index (χ3n) is 4.99. The molecule has 1 aliphatic heterocycles. The van der Waals surface area contributed by atoms with Gasteiger partial charge in [0, 0.05) is 4.47 Å². The van der Waals surface area contributed by atoms with Crippen molar-refractivity contribution < 1.29 is 29.6 Å². The predicted octanol–water partition coefficient (Wildman–Crippen LogP) is 2.00. The van der Waals surface area contributed by atoms with E-state index >= 15 is 0 Å². The van der Waals surface area contributed by atoms with Crippen LogP contribution in [0.2, 0.25) is 0 Å². The maximum Gasteiger partial charge on any atom is 0.124 e. The number of aliphatic hydroxyl groups is 4. The van der Waals surface area contributed by atoms with Crippen LogP contribution in [0.3, 0.4) is 0 Å². The number of aliphatic hydroxyl groups excluding tert-OH is 4. The van der Waals surface area contributed by atoms with Gasteiger partial charge in [0.15, 0.2) is 0 Å². The van der Waals surface area contributed by atoms with Gasteiger partial charge in [0.2, 0.25) is 0 Å². The van der Waals surface area contributed by atoms with E-state index in [1.54, 1.807) is 12.1 Å². The zero-order chi connectivity index (χ0) is 19.7. The van der Waals surface area contributed by atoms with Crippen LogP contribution in [0.15, 0.2) is 40.9 Å². The van der Waals surface area contributed by atoms with Crippen molar-refractivity contribution in [1.82, 2.24) is 0 Å². The van der Waals surface area contributed by atoms with Crippen LogP contribution >= 0.6 is 15.9 Å². The van der Waals surface area contributed by atoms with Crippen LogP contribution in [0.5, 0.6) is 0 Å². The largest absolute Gasteiger partial charge is 0.394 e. The fourth-order valence-electron chi connectivity index (χ4n) is 3.31. The van der Waals surface area contributed by atoms with E-state index in [1.807, 2.05) is 19.1 Å². The molecule has 0 unspecified atom stereocenters. The molecule has 4 N–H and O–H groups in total. The second kappa shape index (κ2) is 8.34. The first-order chi connectivity index (χ1) is 12.8. The van der Waals surface area contributed by atoms with Crippen LogP contribution < -0.4 is 0 Å². The summed E-state index contributed by atoms with van der Waals surface area (Å²) in [7, 11) is 0. The van der Waals surface area contributed by atoms with Crippen LogP contribution in [0.4, 0.5) is 4.39 Å². The van der Waals surface area contributed by atoms with Crippen LogP contribution in [0, 0.1) is 12.7 Å². The molecule has 146 valence electrons. The number of rotatable bonds is 4. The molecule has 27 heavy (non-hydrogen) atoms. The number of hydrogen-bond donors (Lipinski definition) is 4. The lowest BCUT2D eigenvalue weighted by Gasteiger charge is -2.40. The molecule has 0 bridgehead atoms. The summed E-state index contributed by atoms with van der Waals surface area (Å²) in [6.45, 7) is 1.48.